The van der Waals surface area contributed by atoms with E-state index in [1.807, 2.05) is 0 Å². The van der Waals surface area contributed by atoms with Crippen molar-refractivity contribution in [3.8, 4) is 0 Å². The summed E-state index contributed by atoms with van der Waals surface area (Å²) in [5.74, 6) is 0. The zero-order chi connectivity index (χ0) is 3.41. The molecule has 1 atom stereocenters. The van der Waals surface area contributed by atoms with Gasteiger partial charge in [-0.3, -0.25) is 0 Å². The Morgan fingerprint density at radius 1 is 2.00 bits per heavy atom. The maximum Gasteiger partial charge on any atom is 0.0546 e. The van der Waals surface area contributed by atoms with E-state index in [4.69, 9.17) is 0 Å². The van der Waals surface area contributed by atoms with Crippen LogP contribution >= 0.6 is 19.6 Å². The Morgan fingerprint density at radius 3 is 2.25 bits per heavy atom. The molecule has 0 aromatic heterocycles. The normalized spacial score (nSPS) is 13.5. The molecule has 0 aliphatic heterocycles. The maximum absolute atomic E-state index is 4.01. The molecule has 0 rings (SSSR count). The average molecular weight is 110 g/mol. The summed E-state index contributed by atoms with van der Waals surface area (Å²) in [6.45, 7) is 2.26. The third kappa shape index (κ3) is 3.00. The predicted octanol–water partition coefficient (Wildman–Crippen LogP) is 0.642. The van der Waals surface area contributed by atoms with Crippen LogP contribution in [0.5, 0.6) is 0 Å². The lowest BCUT2D eigenvalue weighted by molar-refractivity contribution is 2.38. The van der Waals surface area contributed by atoms with E-state index in [1.54, 1.807) is 0 Å². The van der Waals surface area contributed by atoms with Gasteiger partial charge in [-0.1, -0.05) is 13.9 Å². The van der Waals surface area contributed by atoms with Gasteiger partial charge in [-0.2, -0.15) is 12.2 Å². The van der Waals surface area contributed by atoms with Gasteiger partial charge in [0, 0.05) is 0 Å². The molecule has 4 heavy (non-hydrogen) atoms. The number of rotatable bonds is 1. The molecular weight excluding hydrogens is 103 g/mol. The highest BCUT2D eigenvalue weighted by Crippen LogP contribution is 2.08. The second-order valence-corrected chi connectivity index (χ2v) is 7.45. The van der Waals surface area contributed by atoms with Crippen LogP contribution in [-0.4, -0.2) is 9.19 Å². The highest BCUT2D eigenvalue weighted by Gasteiger charge is 1.58. The van der Waals surface area contributed by atoms with Crippen molar-refractivity contribution >= 4 is 28.8 Å². The van der Waals surface area contributed by atoms with Gasteiger partial charge in [-0.15, -0.1) is 0 Å². The van der Waals surface area contributed by atoms with Gasteiger partial charge < -0.3 is 0 Å². The SMILES string of the molecule is C[SiH2]PS. The molecule has 0 aliphatic carbocycles. The number of hydrogen-bond donors (Lipinski definition) is 1. The van der Waals surface area contributed by atoms with Gasteiger partial charge in [-0.05, 0) is 0 Å². The fourth-order valence-electron chi connectivity index (χ4n) is 0. The summed E-state index contributed by atoms with van der Waals surface area (Å²) in [7, 11) is 1.29. The van der Waals surface area contributed by atoms with Crippen LogP contribution in [0.15, 0.2) is 0 Å². The minimum Gasteiger partial charge on any atom is -0.160 e. The molecule has 0 saturated carbocycles. The highest BCUT2D eigenvalue weighted by atomic mass is 32.7. The molecule has 0 aromatic rings. The molecule has 0 heterocycles. The predicted molar refractivity (Wildman–Crippen MR) is 31.7 cm³/mol. The fourth-order valence-corrected chi connectivity index (χ4v) is 0. The Hall–Kier alpha value is 0.997. The summed E-state index contributed by atoms with van der Waals surface area (Å²) < 4.78 is 0. The average Bonchev–Trinajstić information content (AvgIpc) is 1.37. The Balaban J connectivity index is 1.97. The summed E-state index contributed by atoms with van der Waals surface area (Å²) in [6, 6.07) is 0. The van der Waals surface area contributed by atoms with Gasteiger partial charge >= 0.3 is 0 Å². The van der Waals surface area contributed by atoms with Crippen molar-refractivity contribution in [3.05, 3.63) is 0 Å². The van der Waals surface area contributed by atoms with Gasteiger partial charge in [0.1, 0.15) is 0 Å². The van der Waals surface area contributed by atoms with E-state index < -0.39 is 0 Å². The van der Waals surface area contributed by atoms with Gasteiger partial charge in [-0.25, -0.2) is 0 Å². The van der Waals surface area contributed by atoms with E-state index in [0.717, 1.165) is 7.33 Å². The molecule has 26 valence electrons. The Morgan fingerprint density at radius 2 is 2.25 bits per heavy atom. The van der Waals surface area contributed by atoms with E-state index >= 15 is 0 Å². The molecule has 1 unspecified atom stereocenters. The standard InChI is InChI=1S/CH7PSSi/c1-4-2-3/h2-3H,4H2,1H3. The van der Waals surface area contributed by atoms with E-state index in [0.29, 0.717) is 9.19 Å². The summed E-state index contributed by atoms with van der Waals surface area (Å²) >= 11 is 4.01. The van der Waals surface area contributed by atoms with Gasteiger partial charge in [0.05, 0.1) is 9.19 Å². The molecule has 0 spiro atoms. The van der Waals surface area contributed by atoms with Crippen molar-refractivity contribution in [2.24, 2.45) is 0 Å². The first kappa shape index (κ1) is 5.00. The zero-order valence-corrected chi connectivity index (χ0v) is 5.96. The summed E-state index contributed by atoms with van der Waals surface area (Å²) in [6.07, 6.45) is 0. The fraction of sp³-hybridized carbons (Fsp3) is 1.00. The highest BCUT2D eigenvalue weighted by molar-refractivity contribution is 8.46. The van der Waals surface area contributed by atoms with Crippen molar-refractivity contribution in [2.45, 2.75) is 6.55 Å². The first-order valence-corrected chi connectivity index (χ1v) is 7.32. The van der Waals surface area contributed by atoms with Crippen LogP contribution in [0.3, 0.4) is 0 Å². The summed E-state index contributed by atoms with van der Waals surface area (Å²) in [5, 5.41) is 0. The van der Waals surface area contributed by atoms with Crippen molar-refractivity contribution < 1.29 is 0 Å². The van der Waals surface area contributed by atoms with Crippen LogP contribution in [0.4, 0.5) is 0 Å². The Labute approximate surface area is 36.0 Å². The van der Waals surface area contributed by atoms with Crippen molar-refractivity contribution in [1.82, 2.24) is 0 Å². The summed E-state index contributed by atoms with van der Waals surface area (Å²) in [5.41, 5.74) is 0. The van der Waals surface area contributed by atoms with Crippen molar-refractivity contribution in [1.29, 1.82) is 0 Å². The minimum absolute atomic E-state index is 0.316. The van der Waals surface area contributed by atoms with Crippen LogP contribution in [0.1, 0.15) is 0 Å². The van der Waals surface area contributed by atoms with E-state index in [-0.39, 0.29) is 0 Å². The van der Waals surface area contributed by atoms with Gasteiger partial charge in [0.2, 0.25) is 0 Å². The van der Waals surface area contributed by atoms with E-state index in [2.05, 4.69) is 18.8 Å². The molecule has 0 saturated heterocycles. The topological polar surface area (TPSA) is 0 Å². The van der Waals surface area contributed by atoms with Crippen LogP contribution in [-0.2, 0) is 0 Å². The molecule has 0 nitrogen and oxygen atoms in total. The first-order valence-electron chi connectivity index (χ1n) is 1.28. The lowest BCUT2D eigenvalue weighted by Gasteiger charge is -1.66. The molecule has 3 heteroatoms. The van der Waals surface area contributed by atoms with Gasteiger partial charge in [0.25, 0.3) is 0 Å². The second kappa shape index (κ2) is 4.00. The molecule has 0 radical (unpaired) electrons. The molecule has 0 N–H and O–H groups in total. The smallest absolute Gasteiger partial charge is 0.0546 e. The van der Waals surface area contributed by atoms with Crippen LogP contribution < -0.4 is 0 Å². The molecule has 0 aromatic carbocycles. The molecule has 0 amide bonds. The minimum atomic E-state index is 0.316. The third-order valence-corrected chi connectivity index (χ3v) is 4.27. The molecule has 0 aliphatic rings. The monoisotopic (exact) mass is 110 g/mol. The van der Waals surface area contributed by atoms with E-state index in [9.17, 15) is 0 Å². The molecule has 0 fully saturated rings. The maximum atomic E-state index is 4.01. The largest absolute Gasteiger partial charge is 0.160 e. The van der Waals surface area contributed by atoms with E-state index in [1.165, 1.54) is 0 Å². The van der Waals surface area contributed by atoms with Crippen LogP contribution in [0, 0.1) is 0 Å². The van der Waals surface area contributed by atoms with Crippen molar-refractivity contribution in [3.63, 3.8) is 0 Å². The quantitative estimate of drug-likeness (QED) is 0.286. The lowest BCUT2D eigenvalue weighted by atomic mass is 11.9. The number of thiol groups is 1. The van der Waals surface area contributed by atoms with Crippen LogP contribution in [0.25, 0.3) is 0 Å². The molecular formula is CH7PSSi. The van der Waals surface area contributed by atoms with Crippen molar-refractivity contribution in [2.75, 3.05) is 0 Å². The number of hydrogen-bond acceptors (Lipinski definition) is 1. The first-order chi connectivity index (χ1) is 1.91. The molecule has 0 bridgehead atoms. The summed E-state index contributed by atoms with van der Waals surface area (Å²) in [4.78, 5) is 0. The lowest BCUT2D eigenvalue weighted by Crippen LogP contribution is -1.49. The Bertz CT molecular complexity index is 10.0. The van der Waals surface area contributed by atoms with Gasteiger partial charge in [0.15, 0.2) is 0 Å². The zero-order valence-electron chi connectivity index (χ0n) is 2.65. The second-order valence-electron chi connectivity index (χ2n) is 0.512. The van der Waals surface area contributed by atoms with Crippen LogP contribution in [0.2, 0.25) is 6.55 Å². The Kier molecular flexibility index (Phi) is 4.99. The third-order valence-electron chi connectivity index (χ3n) is 0.158.